The quantitative estimate of drug-likeness (QED) is 0.905. The van der Waals surface area contributed by atoms with Crippen molar-refractivity contribution in [3.05, 3.63) is 30.0 Å². The zero-order chi connectivity index (χ0) is 13.5. The Bertz CT molecular complexity index is 703. The molecule has 3 atom stereocenters. The van der Waals surface area contributed by atoms with Crippen LogP contribution in [0.2, 0.25) is 0 Å². The molecule has 4 nitrogen and oxygen atoms in total. The van der Waals surface area contributed by atoms with Crippen LogP contribution in [0.5, 0.6) is 0 Å². The van der Waals surface area contributed by atoms with E-state index in [9.17, 15) is 5.26 Å². The van der Waals surface area contributed by atoms with Gasteiger partial charge in [-0.3, -0.25) is 0 Å². The lowest BCUT2D eigenvalue weighted by Gasteiger charge is -2.24. The van der Waals surface area contributed by atoms with E-state index >= 15 is 0 Å². The predicted octanol–water partition coefficient (Wildman–Crippen LogP) is 3.10. The number of fused-ring (bicyclic) bond motifs is 3. The van der Waals surface area contributed by atoms with E-state index in [-0.39, 0.29) is 0 Å². The van der Waals surface area contributed by atoms with Crippen LogP contribution in [0.15, 0.2) is 24.3 Å². The van der Waals surface area contributed by atoms with Crippen molar-refractivity contribution >= 4 is 16.6 Å². The van der Waals surface area contributed by atoms with Crippen molar-refractivity contribution in [2.45, 2.75) is 31.7 Å². The molecule has 2 aliphatic rings. The third kappa shape index (κ3) is 1.74. The fourth-order valence-corrected chi connectivity index (χ4v) is 3.88. The molecule has 4 heteroatoms. The molecule has 2 fully saturated rings. The first-order valence-corrected chi connectivity index (χ1v) is 7.27. The number of anilines is 1. The number of nitrogens with zero attached hydrogens (tertiary/aromatic N) is 3. The minimum atomic E-state index is 0.409. The molecule has 1 aromatic heterocycles. The summed E-state index contributed by atoms with van der Waals surface area (Å²) >= 11 is 0. The average Bonchev–Trinajstić information content (AvgIpc) is 3.10. The Morgan fingerprint density at radius 3 is 2.80 bits per heavy atom. The van der Waals surface area contributed by atoms with Gasteiger partial charge in [-0.2, -0.15) is 5.26 Å². The second-order valence-electron chi connectivity index (χ2n) is 5.98. The lowest BCUT2D eigenvalue weighted by Crippen LogP contribution is -2.26. The van der Waals surface area contributed by atoms with E-state index in [0.29, 0.717) is 11.7 Å². The summed E-state index contributed by atoms with van der Waals surface area (Å²) in [5.74, 6) is 1.64. The Balaban J connectivity index is 1.76. The third-order valence-corrected chi connectivity index (χ3v) is 4.84. The molecule has 2 aromatic rings. The van der Waals surface area contributed by atoms with Crippen LogP contribution in [-0.2, 0) is 0 Å². The van der Waals surface area contributed by atoms with Gasteiger partial charge in [0.1, 0.15) is 6.07 Å². The fraction of sp³-hybridized carbons (Fsp3) is 0.438. The van der Waals surface area contributed by atoms with Gasteiger partial charge in [-0.25, -0.2) is 0 Å². The molecule has 0 aliphatic heterocycles. The highest BCUT2D eigenvalue weighted by atomic mass is 15.1. The van der Waals surface area contributed by atoms with Crippen molar-refractivity contribution in [3.63, 3.8) is 0 Å². The van der Waals surface area contributed by atoms with Crippen molar-refractivity contribution in [3.8, 4) is 6.07 Å². The minimum Gasteiger partial charge on any atom is -0.379 e. The number of hydrogen-bond acceptors (Lipinski definition) is 4. The first-order valence-electron chi connectivity index (χ1n) is 7.27. The predicted molar refractivity (Wildman–Crippen MR) is 77.1 cm³/mol. The van der Waals surface area contributed by atoms with Gasteiger partial charge < -0.3 is 5.32 Å². The molecule has 0 spiro atoms. The summed E-state index contributed by atoms with van der Waals surface area (Å²) < 4.78 is 0. The highest BCUT2D eigenvalue weighted by Crippen LogP contribution is 2.46. The molecule has 4 rings (SSSR count). The van der Waals surface area contributed by atoms with Gasteiger partial charge in [-0.1, -0.05) is 24.6 Å². The van der Waals surface area contributed by atoms with Crippen molar-refractivity contribution in [2.75, 3.05) is 5.32 Å². The van der Waals surface area contributed by atoms with E-state index in [4.69, 9.17) is 0 Å². The van der Waals surface area contributed by atoms with Crippen LogP contribution in [0, 0.1) is 23.2 Å². The summed E-state index contributed by atoms with van der Waals surface area (Å²) in [5, 5.41) is 22.1. The van der Waals surface area contributed by atoms with Crippen LogP contribution in [0.4, 0.5) is 5.69 Å². The molecule has 2 bridgehead atoms. The number of rotatable bonds is 2. The van der Waals surface area contributed by atoms with Crippen molar-refractivity contribution in [1.82, 2.24) is 10.2 Å². The van der Waals surface area contributed by atoms with Gasteiger partial charge in [0.05, 0.1) is 11.2 Å². The molecule has 1 heterocycles. The topological polar surface area (TPSA) is 61.6 Å². The molecular formula is C16H16N4. The highest BCUT2D eigenvalue weighted by molar-refractivity contribution is 5.92. The Hall–Kier alpha value is -2.15. The molecule has 0 amide bonds. The zero-order valence-corrected chi connectivity index (χ0v) is 11.2. The molecule has 20 heavy (non-hydrogen) atoms. The van der Waals surface area contributed by atoms with Crippen LogP contribution >= 0.6 is 0 Å². The first kappa shape index (κ1) is 11.7. The van der Waals surface area contributed by atoms with Gasteiger partial charge in [0, 0.05) is 11.4 Å². The standard InChI is InChI=1S/C16H16N4/c17-9-15-16(12-3-1-2-4-13(12)19-20-15)18-14-8-10-5-6-11(14)7-10/h1-4,10-11,14H,5-8H2,(H,18,19). The SMILES string of the molecule is N#Cc1nnc2ccccc2c1NC1CC2CCC1C2. The van der Waals surface area contributed by atoms with Gasteiger partial charge in [0.2, 0.25) is 0 Å². The Morgan fingerprint density at radius 1 is 1.15 bits per heavy atom. The van der Waals surface area contributed by atoms with Crippen LogP contribution in [-0.4, -0.2) is 16.2 Å². The Kier molecular flexibility index (Phi) is 2.59. The van der Waals surface area contributed by atoms with Gasteiger partial charge in [0.15, 0.2) is 5.69 Å². The van der Waals surface area contributed by atoms with Gasteiger partial charge in [-0.15, -0.1) is 10.2 Å². The van der Waals surface area contributed by atoms with E-state index in [2.05, 4.69) is 21.6 Å². The maximum Gasteiger partial charge on any atom is 0.186 e. The summed E-state index contributed by atoms with van der Waals surface area (Å²) in [7, 11) is 0. The normalized spacial score (nSPS) is 27.6. The van der Waals surface area contributed by atoms with Gasteiger partial charge in [-0.05, 0) is 37.2 Å². The fourth-order valence-electron chi connectivity index (χ4n) is 3.88. The van der Waals surface area contributed by atoms with E-state index in [1.54, 1.807) is 0 Å². The maximum atomic E-state index is 9.29. The van der Waals surface area contributed by atoms with Crippen molar-refractivity contribution in [1.29, 1.82) is 5.26 Å². The number of hydrogen-bond donors (Lipinski definition) is 1. The highest BCUT2D eigenvalue weighted by Gasteiger charge is 2.39. The average molecular weight is 264 g/mol. The van der Waals surface area contributed by atoms with Crippen molar-refractivity contribution < 1.29 is 0 Å². The molecular weight excluding hydrogens is 248 g/mol. The van der Waals surface area contributed by atoms with E-state index in [0.717, 1.165) is 28.4 Å². The van der Waals surface area contributed by atoms with E-state index < -0.39 is 0 Å². The lowest BCUT2D eigenvalue weighted by atomic mass is 9.95. The second kappa shape index (κ2) is 4.45. The molecule has 1 aromatic carbocycles. The Labute approximate surface area is 117 Å². The lowest BCUT2D eigenvalue weighted by molar-refractivity contribution is 0.440. The molecule has 100 valence electrons. The largest absolute Gasteiger partial charge is 0.379 e. The first-order chi connectivity index (χ1) is 9.85. The van der Waals surface area contributed by atoms with Crippen LogP contribution < -0.4 is 5.32 Å². The monoisotopic (exact) mass is 264 g/mol. The third-order valence-electron chi connectivity index (χ3n) is 4.84. The van der Waals surface area contributed by atoms with Crippen LogP contribution in [0.3, 0.4) is 0 Å². The molecule has 0 radical (unpaired) electrons. The van der Waals surface area contributed by atoms with Crippen LogP contribution in [0.1, 0.15) is 31.4 Å². The summed E-state index contributed by atoms with van der Waals surface area (Å²) in [6.45, 7) is 0. The molecule has 2 saturated carbocycles. The smallest absolute Gasteiger partial charge is 0.186 e. The summed E-state index contributed by atoms with van der Waals surface area (Å²) in [6.07, 6.45) is 5.27. The summed E-state index contributed by atoms with van der Waals surface area (Å²) in [4.78, 5) is 0. The number of nitrogens with one attached hydrogen (secondary N) is 1. The van der Waals surface area contributed by atoms with Gasteiger partial charge >= 0.3 is 0 Å². The van der Waals surface area contributed by atoms with Gasteiger partial charge in [0.25, 0.3) is 0 Å². The molecule has 3 unspecified atom stereocenters. The van der Waals surface area contributed by atoms with E-state index in [1.165, 1.54) is 25.7 Å². The second-order valence-corrected chi connectivity index (χ2v) is 5.98. The Morgan fingerprint density at radius 2 is 2.05 bits per heavy atom. The summed E-state index contributed by atoms with van der Waals surface area (Å²) in [5.41, 5.74) is 2.12. The van der Waals surface area contributed by atoms with Crippen LogP contribution in [0.25, 0.3) is 10.9 Å². The minimum absolute atomic E-state index is 0.409. The number of nitriles is 1. The molecule has 0 saturated heterocycles. The maximum absolute atomic E-state index is 9.29. The molecule has 1 N–H and O–H groups in total. The zero-order valence-electron chi connectivity index (χ0n) is 11.2. The summed E-state index contributed by atoms with van der Waals surface area (Å²) in [6, 6.07) is 10.5. The molecule has 2 aliphatic carbocycles. The number of benzene rings is 1. The van der Waals surface area contributed by atoms with E-state index in [1.807, 2.05) is 24.3 Å². The van der Waals surface area contributed by atoms with Crippen molar-refractivity contribution in [2.24, 2.45) is 11.8 Å². The number of aromatic nitrogens is 2.